The van der Waals surface area contributed by atoms with Gasteiger partial charge in [0.25, 0.3) is 6.47 Å². The molecule has 0 saturated heterocycles. The lowest BCUT2D eigenvalue weighted by atomic mass is 10.2. The van der Waals surface area contributed by atoms with Gasteiger partial charge in [0.15, 0.2) is 6.73 Å². The van der Waals surface area contributed by atoms with E-state index in [0.717, 1.165) is 11.0 Å². The van der Waals surface area contributed by atoms with E-state index in [1.807, 2.05) is 41.0 Å². The predicted molar refractivity (Wildman–Crippen MR) is 66.6 cm³/mol. The second-order valence-corrected chi connectivity index (χ2v) is 3.85. The van der Waals surface area contributed by atoms with Crippen molar-refractivity contribution in [3.05, 3.63) is 48.5 Å². The molecule has 3 rings (SSSR count). The molecule has 0 unspecified atom stereocenters. The zero-order valence-electron chi connectivity index (χ0n) is 9.17. The number of rotatable bonds is 3. The molecule has 0 saturated carbocycles. The minimum absolute atomic E-state index is 0.248. The van der Waals surface area contributed by atoms with Crippen molar-refractivity contribution in [2.45, 2.75) is 6.73 Å². The molecule has 3 heteroatoms. The van der Waals surface area contributed by atoms with Crippen molar-refractivity contribution >= 4 is 28.3 Å². The minimum atomic E-state index is 0.248. The van der Waals surface area contributed by atoms with Gasteiger partial charge in [-0.25, -0.2) is 0 Å². The monoisotopic (exact) mass is 225 g/mol. The average molecular weight is 225 g/mol. The van der Waals surface area contributed by atoms with Crippen molar-refractivity contribution in [3.8, 4) is 0 Å². The number of para-hydroxylation sites is 2. The lowest BCUT2D eigenvalue weighted by Crippen LogP contribution is -2.00. The van der Waals surface area contributed by atoms with Crippen LogP contribution in [0.4, 0.5) is 0 Å². The Morgan fingerprint density at radius 2 is 1.47 bits per heavy atom. The molecule has 0 atom stereocenters. The molecule has 0 aliphatic heterocycles. The summed E-state index contributed by atoms with van der Waals surface area (Å²) in [4.78, 5) is 10.3. The van der Waals surface area contributed by atoms with Crippen LogP contribution in [-0.4, -0.2) is 11.0 Å². The maximum absolute atomic E-state index is 10.3. The second-order valence-electron chi connectivity index (χ2n) is 3.85. The van der Waals surface area contributed by atoms with E-state index in [1.54, 1.807) is 0 Å². The number of aromatic nitrogens is 1. The summed E-state index contributed by atoms with van der Waals surface area (Å²) >= 11 is 0. The Morgan fingerprint density at radius 3 is 2.00 bits per heavy atom. The Morgan fingerprint density at radius 1 is 0.941 bits per heavy atom. The van der Waals surface area contributed by atoms with E-state index >= 15 is 0 Å². The van der Waals surface area contributed by atoms with Gasteiger partial charge in [0.2, 0.25) is 0 Å². The molecule has 1 heterocycles. The first-order valence-corrected chi connectivity index (χ1v) is 5.43. The van der Waals surface area contributed by atoms with Crippen molar-refractivity contribution in [2.24, 2.45) is 0 Å². The van der Waals surface area contributed by atoms with Gasteiger partial charge < -0.3 is 9.30 Å². The highest BCUT2D eigenvalue weighted by atomic mass is 16.5. The fourth-order valence-corrected chi connectivity index (χ4v) is 2.25. The van der Waals surface area contributed by atoms with Gasteiger partial charge in [-0.3, -0.25) is 4.79 Å². The molecule has 0 fully saturated rings. The van der Waals surface area contributed by atoms with E-state index in [4.69, 9.17) is 4.74 Å². The first-order valence-electron chi connectivity index (χ1n) is 5.43. The predicted octanol–water partition coefficient (Wildman–Crippen LogP) is 2.93. The van der Waals surface area contributed by atoms with E-state index in [0.29, 0.717) is 6.47 Å². The molecule has 0 bridgehead atoms. The van der Waals surface area contributed by atoms with Gasteiger partial charge in [-0.15, -0.1) is 0 Å². The van der Waals surface area contributed by atoms with Crippen LogP contribution in [0.1, 0.15) is 0 Å². The smallest absolute Gasteiger partial charge is 0.294 e. The lowest BCUT2D eigenvalue weighted by molar-refractivity contribution is -0.131. The van der Waals surface area contributed by atoms with Crippen molar-refractivity contribution < 1.29 is 9.53 Å². The van der Waals surface area contributed by atoms with Gasteiger partial charge in [0.1, 0.15) is 0 Å². The largest absolute Gasteiger partial charge is 0.446 e. The molecule has 3 aromatic rings. The molecule has 0 radical (unpaired) electrons. The number of hydrogen-bond donors (Lipinski definition) is 0. The molecule has 0 aliphatic rings. The minimum Gasteiger partial charge on any atom is -0.446 e. The van der Waals surface area contributed by atoms with E-state index in [1.165, 1.54) is 10.8 Å². The SMILES string of the molecule is O=COCn1c2ccccc2c2ccccc21. The molecule has 84 valence electrons. The van der Waals surface area contributed by atoms with E-state index < -0.39 is 0 Å². The summed E-state index contributed by atoms with van der Waals surface area (Å²) in [5.41, 5.74) is 2.16. The average Bonchev–Trinajstić information content (AvgIpc) is 2.71. The molecule has 3 nitrogen and oxygen atoms in total. The van der Waals surface area contributed by atoms with Gasteiger partial charge in [0, 0.05) is 10.8 Å². The molecular formula is C14H11NO2. The summed E-state index contributed by atoms with van der Waals surface area (Å²) in [5.74, 6) is 0. The topological polar surface area (TPSA) is 31.2 Å². The highest BCUT2D eigenvalue weighted by molar-refractivity contribution is 6.07. The van der Waals surface area contributed by atoms with Crippen molar-refractivity contribution in [2.75, 3.05) is 0 Å². The number of fused-ring (bicyclic) bond motifs is 3. The lowest BCUT2D eigenvalue weighted by Gasteiger charge is -2.04. The zero-order valence-corrected chi connectivity index (χ0v) is 9.17. The highest BCUT2D eigenvalue weighted by Gasteiger charge is 2.08. The summed E-state index contributed by atoms with van der Waals surface area (Å²) in [6.07, 6.45) is 0. The fraction of sp³-hybridized carbons (Fsp3) is 0.0714. The quantitative estimate of drug-likeness (QED) is 0.642. The van der Waals surface area contributed by atoms with Crippen LogP contribution >= 0.6 is 0 Å². The zero-order chi connectivity index (χ0) is 11.7. The van der Waals surface area contributed by atoms with Crippen LogP contribution in [0, 0.1) is 0 Å². The molecule has 2 aromatic carbocycles. The van der Waals surface area contributed by atoms with Gasteiger partial charge in [0.05, 0.1) is 11.0 Å². The summed E-state index contributed by atoms with van der Waals surface area (Å²) in [5, 5.41) is 2.36. The van der Waals surface area contributed by atoms with Crippen molar-refractivity contribution in [1.29, 1.82) is 0 Å². The highest BCUT2D eigenvalue weighted by Crippen LogP contribution is 2.28. The summed E-state index contributed by atoms with van der Waals surface area (Å²) in [6.45, 7) is 0.723. The first kappa shape index (κ1) is 9.90. The number of carbonyl (C=O) groups is 1. The number of nitrogens with zero attached hydrogens (tertiary/aromatic N) is 1. The van der Waals surface area contributed by atoms with E-state index in [2.05, 4.69) is 12.1 Å². The summed E-state index contributed by atoms with van der Waals surface area (Å²) < 4.78 is 6.88. The van der Waals surface area contributed by atoms with Crippen LogP contribution in [0.2, 0.25) is 0 Å². The van der Waals surface area contributed by atoms with Crippen LogP contribution in [0.5, 0.6) is 0 Å². The van der Waals surface area contributed by atoms with Crippen LogP contribution in [0.3, 0.4) is 0 Å². The third-order valence-electron chi connectivity index (χ3n) is 2.95. The number of carbonyl (C=O) groups excluding carboxylic acids is 1. The number of ether oxygens (including phenoxy) is 1. The Bertz CT molecular complexity index is 632. The maximum Gasteiger partial charge on any atom is 0.294 e. The Balaban J connectivity index is 2.37. The molecule has 0 spiro atoms. The van der Waals surface area contributed by atoms with Gasteiger partial charge >= 0.3 is 0 Å². The van der Waals surface area contributed by atoms with Gasteiger partial charge in [-0.05, 0) is 12.1 Å². The molecule has 0 N–H and O–H groups in total. The fourth-order valence-electron chi connectivity index (χ4n) is 2.25. The third-order valence-corrected chi connectivity index (χ3v) is 2.95. The second kappa shape index (κ2) is 3.94. The summed E-state index contributed by atoms with van der Waals surface area (Å²) in [7, 11) is 0. The molecular weight excluding hydrogens is 214 g/mol. The summed E-state index contributed by atoms with van der Waals surface area (Å²) in [6, 6.07) is 16.2. The number of benzene rings is 2. The van der Waals surface area contributed by atoms with E-state index in [-0.39, 0.29) is 6.73 Å². The van der Waals surface area contributed by atoms with Crippen LogP contribution < -0.4 is 0 Å². The standard InChI is InChI=1S/C14H11NO2/c16-10-17-9-15-13-7-3-1-5-11(13)12-6-2-4-8-14(12)15/h1-8,10H,9H2. The van der Waals surface area contributed by atoms with Crippen molar-refractivity contribution in [3.63, 3.8) is 0 Å². The number of hydrogen-bond acceptors (Lipinski definition) is 2. The van der Waals surface area contributed by atoms with Crippen molar-refractivity contribution in [1.82, 2.24) is 4.57 Å². The van der Waals surface area contributed by atoms with Crippen LogP contribution in [0.15, 0.2) is 48.5 Å². The normalized spacial score (nSPS) is 10.8. The third kappa shape index (κ3) is 1.47. The van der Waals surface area contributed by atoms with E-state index in [9.17, 15) is 4.79 Å². The Labute approximate surface area is 98.2 Å². The van der Waals surface area contributed by atoms with Crippen LogP contribution in [0.25, 0.3) is 21.8 Å². The van der Waals surface area contributed by atoms with Gasteiger partial charge in [-0.1, -0.05) is 36.4 Å². The molecule has 1 aromatic heterocycles. The molecule has 0 aliphatic carbocycles. The maximum atomic E-state index is 10.3. The first-order chi connectivity index (χ1) is 8.42. The van der Waals surface area contributed by atoms with Crippen LogP contribution in [-0.2, 0) is 16.3 Å². The Hall–Kier alpha value is -2.29. The Kier molecular flexibility index (Phi) is 2.29. The van der Waals surface area contributed by atoms with Gasteiger partial charge in [-0.2, -0.15) is 0 Å². The molecule has 0 amide bonds. The molecule has 17 heavy (non-hydrogen) atoms.